The van der Waals surface area contributed by atoms with Crippen LogP contribution in [-0.2, 0) is 4.74 Å². The summed E-state index contributed by atoms with van der Waals surface area (Å²) in [6.07, 6.45) is -5.70. The van der Waals surface area contributed by atoms with Crippen LogP contribution in [0, 0.1) is 0 Å². The van der Waals surface area contributed by atoms with E-state index in [1.807, 2.05) is 19.0 Å². The van der Waals surface area contributed by atoms with E-state index in [1.165, 1.54) is 0 Å². The molecule has 0 aromatic heterocycles. The van der Waals surface area contributed by atoms with E-state index < -0.39 is 37.1 Å². The molecule has 1 heterocycles. The van der Waals surface area contributed by atoms with Gasteiger partial charge in [-0.3, -0.25) is 20.7 Å². The van der Waals surface area contributed by atoms with Gasteiger partial charge in [0, 0.05) is 12.6 Å². The highest BCUT2D eigenvalue weighted by atomic mass is 19.4. The number of hydrogen-bond donors (Lipinski definition) is 5. The van der Waals surface area contributed by atoms with Gasteiger partial charge in [0.1, 0.15) is 12.5 Å². The highest BCUT2D eigenvalue weighted by molar-refractivity contribution is 5.74. The monoisotopic (exact) mass is 428 g/mol. The second-order valence-corrected chi connectivity index (χ2v) is 7.77. The largest absolute Gasteiger partial charge is 0.522 e. The first kappa shape index (κ1) is 24.1. The summed E-state index contributed by atoms with van der Waals surface area (Å²) in [7, 11) is 3.93. The number of carbonyl (C=O) groups excluding carboxylic acids is 1. The zero-order chi connectivity index (χ0) is 21.4. The molecular weight excluding hydrogens is 396 g/mol. The lowest BCUT2D eigenvalue weighted by atomic mass is 9.93. The predicted octanol–water partition coefficient (Wildman–Crippen LogP) is 0.815. The fourth-order valence-corrected chi connectivity index (χ4v) is 3.50. The van der Waals surface area contributed by atoms with Crippen LogP contribution in [-0.4, -0.2) is 81.8 Å². The number of amides is 2. The summed E-state index contributed by atoms with van der Waals surface area (Å²) in [6.45, 7) is 1.61. The molecule has 1 aliphatic heterocycles. The highest BCUT2D eigenvalue weighted by Gasteiger charge is 2.36. The summed E-state index contributed by atoms with van der Waals surface area (Å²) in [5.41, 5.74) is 0. The van der Waals surface area contributed by atoms with E-state index in [0.29, 0.717) is 19.4 Å². The van der Waals surface area contributed by atoms with E-state index >= 15 is 0 Å². The van der Waals surface area contributed by atoms with Crippen molar-refractivity contribution >= 4 is 6.03 Å². The summed E-state index contributed by atoms with van der Waals surface area (Å²) in [4.78, 5) is 14.2. The third kappa shape index (κ3) is 9.43. The van der Waals surface area contributed by atoms with Crippen molar-refractivity contribution in [2.45, 2.75) is 69.2 Å². The topological polar surface area (TPSA) is 89.7 Å². The highest BCUT2D eigenvalue weighted by Crippen LogP contribution is 2.27. The minimum absolute atomic E-state index is 0.0865. The van der Waals surface area contributed by atoms with E-state index in [9.17, 15) is 22.4 Å². The van der Waals surface area contributed by atoms with E-state index in [-0.39, 0.29) is 25.4 Å². The normalized spacial score (nSPS) is 30.9. The fourth-order valence-electron chi connectivity index (χ4n) is 3.50. The molecule has 2 amide bonds. The molecule has 5 N–H and O–H groups in total. The molecule has 0 spiro atoms. The number of urea groups is 1. The molecule has 1 saturated heterocycles. The lowest BCUT2D eigenvalue weighted by Gasteiger charge is -2.36. The Kier molecular flexibility index (Phi) is 9.34. The van der Waals surface area contributed by atoms with Gasteiger partial charge < -0.3 is 15.5 Å². The van der Waals surface area contributed by atoms with E-state index in [1.54, 1.807) is 0 Å². The van der Waals surface area contributed by atoms with Crippen LogP contribution in [0.2, 0.25) is 0 Å². The maximum absolute atomic E-state index is 14.1. The Hall–Kier alpha value is -1.21. The summed E-state index contributed by atoms with van der Waals surface area (Å²) in [6, 6.07) is -0.681. The Morgan fingerprint density at radius 1 is 1.17 bits per heavy atom. The molecule has 0 aromatic carbocycles. The predicted molar refractivity (Wildman–Crippen MR) is 99.6 cm³/mol. The Balaban J connectivity index is 1.67. The first-order valence-electron chi connectivity index (χ1n) is 9.95. The molecule has 3 unspecified atom stereocenters. The van der Waals surface area contributed by atoms with Gasteiger partial charge in [-0.2, -0.15) is 0 Å². The molecule has 0 bridgehead atoms. The molecule has 2 fully saturated rings. The van der Waals surface area contributed by atoms with Gasteiger partial charge in [0.2, 0.25) is 0 Å². The number of rotatable bonds is 8. The van der Waals surface area contributed by atoms with Crippen molar-refractivity contribution in [3.63, 3.8) is 0 Å². The smallest absolute Gasteiger partial charge is 0.335 e. The summed E-state index contributed by atoms with van der Waals surface area (Å²) in [5.74, 6) is 0. The van der Waals surface area contributed by atoms with Crippen LogP contribution in [0.1, 0.15) is 32.1 Å². The number of hydrogen-bond acceptors (Lipinski definition) is 6. The van der Waals surface area contributed by atoms with Crippen LogP contribution in [0.4, 0.5) is 22.4 Å². The van der Waals surface area contributed by atoms with Gasteiger partial charge in [0.15, 0.2) is 0 Å². The molecule has 2 rings (SSSR count). The molecule has 12 heteroatoms. The van der Waals surface area contributed by atoms with Gasteiger partial charge in [0.25, 0.3) is 0 Å². The molecule has 2 aliphatic rings. The third-order valence-electron chi connectivity index (χ3n) is 4.96. The van der Waals surface area contributed by atoms with Crippen molar-refractivity contribution < 1.29 is 27.1 Å². The van der Waals surface area contributed by atoms with Crippen molar-refractivity contribution in [1.29, 1.82) is 0 Å². The van der Waals surface area contributed by atoms with Gasteiger partial charge in [0.05, 0.1) is 12.3 Å². The zero-order valence-corrected chi connectivity index (χ0v) is 16.8. The minimum Gasteiger partial charge on any atom is -0.335 e. The number of carbonyl (C=O) groups is 1. The molecule has 0 radical (unpaired) electrons. The Labute approximate surface area is 168 Å². The Morgan fingerprint density at radius 3 is 2.48 bits per heavy atom. The molecule has 170 valence electrons. The molecule has 8 nitrogen and oxygen atoms in total. The third-order valence-corrected chi connectivity index (χ3v) is 4.96. The number of halogens is 4. The maximum Gasteiger partial charge on any atom is 0.522 e. The van der Waals surface area contributed by atoms with Crippen LogP contribution < -0.4 is 26.6 Å². The van der Waals surface area contributed by atoms with Crippen LogP contribution in [0.25, 0.3) is 0 Å². The van der Waals surface area contributed by atoms with Gasteiger partial charge in [-0.05, 0) is 59.3 Å². The standard InChI is InChI=1S/C17H32F4N6O2/c1-27(2)9-3-8-22-14-13(18)10-23-15(25-14)26-16(28)24-11-4-6-12(7-5-11)29-17(19,20)21/h11-15,22-23,25H,3-10H2,1-2H3,(H2,24,26,28). The van der Waals surface area contributed by atoms with Crippen LogP contribution in [0.15, 0.2) is 0 Å². The number of nitrogens with one attached hydrogen (secondary N) is 5. The second-order valence-electron chi connectivity index (χ2n) is 7.77. The van der Waals surface area contributed by atoms with E-state index in [2.05, 4.69) is 31.3 Å². The molecule has 0 aromatic rings. The fraction of sp³-hybridized carbons (Fsp3) is 0.941. The second kappa shape index (κ2) is 11.3. The van der Waals surface area contributed by atoms with Crippen LogP contribution >= 0.6 is 0 Å². The minimum atomic E-state index is -4.63. The lowest BCUT2D eigenvalue weighted by molar-refractivity contribution is -0.345. The summed E-state index contributed by atoms with van der Waals surface area (Å²) in [5, 5.41) is 14.4. The maximum atomic E-state index is 14.1. The average molecular weight is 428 g/mol. The first-order chi connectivity index (χ1) is 13.6. The zero-order valence-electron chi connectivity index (χ0n) is 16.8. The summed E-state index contributed by atoms with van der Waals surface area (Å²) < 4.78 is 54.8. The quantitative estimate of drug-likeness (QED) is 0.291. The molecule has 29 heavy (non-hydrogen) atoms. The number of ether oxygens (including phenoxy) is 1. The average Bonchev–Trinajstić information content (AvgIpc) is 2.61. The summed E-state index contributed by atoms with van der Waals surface area (Å²) >= 11 is 0. The lowest BCUT2D eigenvalue weighted by Crippen LogP contribution is -2.70. The van der Waals surface area contributed by atoms with Gasteiger partial charge in [-0.25, -0.2) is 9.18 Å². The molecule has 1 saturated carbocycles. The van der Waals surface area contributed by atoms with Gasteiger partial charge in [-0.15, -0.1) is 13.2 Å². The van der Waals surface area contributed by atoms with Crippen LogP contribution in [0.5, 0.6) is 0 Å². The molecular formula is C17H32F4N6O2. The van der Waals surface area contributed by atoms with Crippen molar-refractivity contribution in [1.82, 2.24) is 31.5 Å². The van der Waals surface area contributed by atoms with Crippen molar-refractivity contribution in [2.24, 2.45) is 0 Å². The Bertz CT molecular complexity index is 503. The number of nitrogens with zero attached hydrogens (tertiary/aromatic N) is 1. The van der Waals surface area contributed by atoms with Gasteiger partial charge >= 0.3 is 12.4 Å². The van der Waals surface area contributed by atoms with Crippen molar-refractivity contribution in [3.8, 4) is 0 Å². The van der Waals surface area contributed by atoms with E-state index in [4.69, 9.17) is 0 Å². The number of alkyl halides is 4. The Morgan fingerprint density at radius 2 is 1.86 bits per heavy atom. The van der Waals surface area contributed by atoms with Gasteiger partial charge in [-0.1, -0.05) is 0 Å². The van der Waals surface area contributed by atoms with Crippen molar-refractivity contribution in [3.05, 3.63) is 0 Å². The molecule has 3 atom stereocenters. The van der Waals surface area contributed by atoms with Crippen molar-refractivity contribution in [2.75, 3.05) is 33.7 Å². The van der Waals surface area contributed by atoms with Crippen LogP contribution in [0.3, 0.4) is 0 Å². The van der Waals surface area contributed by atoms with E-state index in [0.717, 1.165) is 13.0 Å². The first-order valence-corrected chi connectivity index (χ1v) is 9.95. The molecule has 1 aliphatic carbocycles. The SMILES string of the molecule is CN(C)CCCNC1NC(NC(=O)NC2CCC(OC(F)(F)F)CC2)NCC1F.